The second-order valence-corrected chi connectivity index (χ2v) is 7.83. The Kier molecular flexibility index (Phi) is 7.88. The maximum Gasteiger partial charge on any atom is 0.191 e. The van der Waals surface area contributed by atoms with Crippen LogP contribution in [0.1, 0.15) is 45.3 Å². The fraction of sp³-hybridized carbons (Fsp3) is 0.650. The normalized spacial score (nSPS) is 27.6. The summed E-state index contributed by atoms with van der Waals surface area (Å²) in [7, 11) is 0. The molecule has 0 aromatic heterocycles. The third-order valence-electron chi connectivity index (χ3n) is 5.62. The molecular formula is C20H31FIN3O2. The van der Waals surface area contributed by atoms with E-state index in [0.717, 1.165) is 26.0 Å². The van der Waals surface area contributed by atoms with Crippen molar-refractivity contribution in [3.05, 3.63) is 35.6 Å². The highest BCUT2D eigenvalue weighted by Crippen LogP contribution is 2.51. The molecular weight excluding hydrogens is 460 g/mol. The minimum atomic E-state index is -0.832. The van der Waals surface area contributed by atoms with Crippen LogP contribution in [0, 0.1) is 17.2 Å². The molecule has 0 radical (unpaired) electrons. The van der Waals surface area contributed by atoms with Crippen LogP contribution in [0.15, 0.2) is 29.3 Å². The van der Waals surface area contributed by atoms with Gasteiger partial charge in [0.2, 0.25) is 0 Å². The quantitative estimate of drug-likeness (QED) is 0.336. The van der Waals surface area contributed by atoms with Gasteiger partial charge in [0.1, 0.15) is 5.82 Å². The van der Waals surface area contributed by atoms with Crippen LogP contribution in [0.4, 0.5) is 4.39 Å². The number of hydrogen-bond acceptors (Lipinski definition) is 3. The SMILES string of the molecule is CCNC(=NCC(O)c1cccc(F)c1)NC1C2CCCOC2C1(C)C.I. The summed E-state index contributed by atoms with van der Waals surface area (Å²) in [5, 5.41) is 17.1. The molecule has 0 amide bonds. The van der Waals surface area contributed by atoms with Crippen molar-refractivity contribution >= 4 is 29.9 Å². The molecule has 1 saturated heterocycles. The predicted molar refractivity (Wildman–Crippen MR) is 116 cm³/mol. The number of nitrogens with zero attached hydrogens (tertiary/aromatic N) is 1. The van der Waals surface area contributed by atoms with E-state index in [1.165, 1.54) is 12.1 Å². The second-order valence-electron chi connectivity index (χ2n) is 7.83. The van der Waals surface area contributed by atoms with Gasteiger partial charge in [-0.15, -0.1) is 24.0 Å². The van der Waals surface area contributed by atoms with Crippen LogP contribution in [0.5, 0.6) is 0 Å². The number of hydrogen-bond donors (Lipinski definition) is 3. The summed E-state index contributed by atoms with van der Waals surface area (Å²) in [6.45, 7) is 8.23. The number of aliphatic imine (C=N–C) groups is 1. The number of guanidine groups is 1. The Bertz CT molecular complexity index is 656. The first kappa shape index (κ1) is 22.4. The number of halogens is 2. The molecule has 1 aromatic carbocycles. The second kappa shape index (κ2) is 9.52. The van der Waals surface area contributed by atoms with E-state index in [0.29, 0.717) is 23.5 Å². The molecule has 1 saturated carbocycles. The average molecular weight is 491 g/mol. The van der Waals surface area contributed by atoms with Crippen LogP contribution >= 0.6 is 24.0 Å². The Balaban J connectivity index is 0.00000261. The number of ether oxygens (including phenoxy) is 1. The number of rotatable bonds is 5. The Labute approximate surface area is 178 Å². The van der Waals surface area contributed by atoms with Gasteiger partial charge in [0.05, 0.1) is 18.8 Å². The van der Waals surface area contributed by atoms with Crippen LogP contribution in [0.25, 0.3) is 0 Å². The summed E-state index contributed by atoms with van der Waals surface area (Å²) in [5.74, 6) is 0.830. The van der Waals surface area contributed by atoms with E-state index in [2.05, 4.69) is 29.5 Å². The van der Waals surface area contributed by atoms with Crippen LogP contribution in [-0.4, -0.2) is 42.9 Å². The molecule has 4 unspecified atom stereocenters. The smallest absolute Gasteiger partial charge is 0.191 e. The van der Waals surface area contributed by atoms with Gasteiger partial charge in [0.15, 0.2) is 5.96 Å². The van der Waals surface area contributed by atoms with Crippen molar-refractivity contribution in [2.75, 3.05) is 19.7 Å². The van der Waals surface area contributed by atoms with E-state index in [-0.39, 0.29) is 47.8 Å². The topological polar surface area (TPSA) is 65.9 Å². The van der Waals surface area contributed by atoms with Crippen LogP contribution in [-0.2, 0) is 4.74 Å². The summed E-state index contributed by atoms with van der Waals surface area (Å²) in [5.41, 5.74) is 0.581. The lowest BCUT2D eigenvalue weighted by Crippen LogP contribution is -2.71. The molecule has 152 valence electrons. The number of benzene rings is 1. The maximum absolute atomic E-state index is 13.3. The minimum Gasteiger partial charge on any atom is -0.386 e. The summed E-state index contributed by atoms with van der Waals surface area (Å²) in [4.78, 5) is 4.53. The van der Waals surface area contributed by atoms with Crippen molar-refractivity contribution in [2.45, 2.75) is 51.9 Å². The largest absolute Gasteiger partial charge is 0.386 e. The molecule has 0 spiro atoms. The number of aliphatic hydroxyl groups excluding tert-OH is 1. The lowest BCUT2D eigenvalue weighted by molar-refractivity contribution is -0.188. The molecule has 27 heavy (non-hydrogen) atoms. The van der Waals surface area contributed by atoms with E-state index >= 15 is 0 Å². The third-order valence-corrected chi connectivity index (χ3v) is 5.62. The Hall–Kier alpha value is -0.930. The summed E-state index contributed by atoms with van der Waals surface area (Å²) in [6, 6.07) is 6.31. The average Bonchev–Trinajstić information content (AvgIpc) is 2.63. The van der Waals surface area contributed by atoms with Gasteiger partial charge >= 0.3 is 0 Å². The molecule has 3 rings (SSSR count). The fourth-order valence-electron chi connectivity index (χ4n) is 4.28. The lowest BCUT2D eigenvalue weighted by Gasteiger charge is -2.60. The van der Waals surface area contributed by atoms with Crippen LogP contribution in [0.2, 0.25) is 0 Å². The molecule has 0 bridgehead atoms. The Morgan fingerprint density at radius 3 is 2.93 bits per heavy atom. The van der Waals surface area contributed by atoms with Gasteiger partial charge in [-0.2, -0.15) is 0 Å². The van der Waals surface area contributed by atoms with Gasteiger partial charge in [0, 0.05) is 30.5 Å². The lowest BCUT2D eigenvalue weighted by atomic mass is 9.55. The van der Waals surface area contributed by atoms with Gasteiger partial charge < -0.3 is 20.5 Å². The number of fused-ring (bicyclic) bond motifs is 1. The molecule has 1 aliphatic heterocycles. The molecule has 1 aromatic rings. The molecule has 3 N–H and O–H groups in total. The Morgan fingerprint density at radius 2 is 2.22 bits per heavy atom. The van der Waals surface area contributed by atoms with Gasteiger partial charge in [0.25, 0.3) is 0 Å². The van der Waals surface area contributed by atoms with Crippen molar-refractivity contribution < 1.29 is 14.2 Å². The van der Waals surface area contributed by atoms with Crippen LogP contribution in [0.3, 0.4) is 0 Å². The summed E-state index contributed by atoms with van der Waals surface area (Å²) in [6.07, 6.45) is 1.73. The first-order valence-corrected chi connectivity index (χ1v) is 9.53. The summed E-state index contributed by atoms with van der Waals surface area (Å²) < 4.78 is 19.3. The van der Waals surface area contributed by atoms with Gasteiger partial charge in [-0.05, 0) is 37.5 Å². The van der Waals surface area contributed by atoms with Crippen molar-refractivity contribution in [1.82, 2.24) is 10.6 Å². The highest BCUT2D eigenvalue weighted by molar-refractivity contribution is 14.0. The molecule has 1 heterocycles. The zero-order valence-electron chi connectivity index (χ0n) is 16.2. The molecule has 1 aliphatic carbocycles. The van der Waals surface area contributed by atoms with Crippen molar-refractivity contribution in [3.8, 4) is 0 Å². The third kappa shape index (κ3) is 4.92. The van der Waals surface area contributed by atoms with Gasteiger partial charge in [-0.25, -0.2) is 4.39 Å². The van der Waals surface area contributed by atoms with E-state index in [1.54, 1.807) is 12.1 Å². The fourth-order valence-corrected chi connectivity index (χ4v) is 4.28. The highest BCUT2D eigenvalue weighted by Gasteiger charge is 2.58. The molecule has 5 nitrogen and oxygen atoms in total. The van der Waals surface area contributed by atoms with Crippen LogP contribution < -0.4 is 10.6 Å². The van der Waals surface area contributed by atoms with E-state index < -0.39 is 6.10 Å². The molecule has 2 fully saturated rings. The monoisotopic (exact) mass is 491 g/mol. The van der Waals surface area contributed by atoms with E-state index in [4.69, 9.17) is 4.74 Å². The zero-order chi connectivity index (χ0) is 18.7. The summed E-state index contributed by atoms with van der Waals surface area (Å²) >= 11 is 0. The van der Waals surface area contributed by atoms with Crippen molar-refractivity contribution in [2.24, 2.45) is 16.3 Å². The molecule has 4 atom stereocenters. The minimum absolute atomic E-state index is 0. The Morgan fingerprint density at radius 1 is 1.44 bits per heavy atom. The first-order chi connectivity index (χ1) is 12.4. The standard InChI is InChI=1S/C20H30FN3O2.HI/c1-4-22-19(23-12-16(25)13-7-5-8-14(21)11-13)24-17-15-9-6-10-26-18(15)20(17,2)3;/h5,7-8,11,15-18,25H,4,6,9-10,12H2,1-3H3,(H2,22,23,24);1H. The maximum atomic E-state index is 13.3. The first-order valence-electron chi connectivity index (χ1n) is 9.53. The number of nitrogens with one attached hydrogen (secondary N) is 2. The van der Waals surface area contributed by atoms with Crippen molar-refractivity contribution in [3.63, 3.8) is 0 Å². The van der Waals surface area contributed by atoms with E-state index in [9.17, 15) is 9.50 Å². The van der Waals surface area contributed by atoms with Crippen molar-refractivity contribution in [1.29, 1.82) is 0 Å². The zero-order valence-corrected chi connectivity index (χ0v) is 18.6. The van der Waals surface area contributed by atoms with E-state index in [1.807, 2.05) is 6.92 Å². The predicted octanol–water partition coefficient (Wildman–Crippen LogP) is 3.24. The highest BCUT2D eigenvalue weighted by atomic mass is 127. The molecule has 2 aliphatic rings. The molecule has 7 heteroatoms. The number of aliphatic hydroxyl groups is 1. The van der Waals surface area contributed by atoms with Gasteiger partial charge in [-0.3, -0.25) is 4.99 Å². The van der Waals surface area contributed by atoms with Gasteiger partial charge in [-0.1, -0.05) is 26.0 Å².